The van der Waals surface area contributed by atoms with Crippen LogP contribution in [-0.2, 0) is 9.53 Å². The van der Waals surface area contributed by atoms with E-state index < -0.39 is 0 Å². The van der Waals surface area contributed by atoms with Crippen LogP contribution in [0.1, 0.15) is 45.5 Å². The number of aryl methyl sites for hydroxylation is 1. The molecule has 28 heavy (non-hydrogen) atoms. The standard InChI is InChI=1S/C23H25NO4/c1-17-7-9-19(10-8-17)21(25)11-12-23(27)24-13-14-28-16-20(24)15-22(26)18-5-3-2-4-6-18/h2-10,20H,11-16H2,1H3/t20-/m1/s1. The maximum atomic E-state index is 12.7. The van der Waals surface area contributed by atoms with Crippen LogP contribution in [0.4, 0.5) is 0 Å². The second-order valence-corrected chi connectivity index (χ2v) is 7.10. The number of ether oxygens (including phenoxy) is 1. The van der Waals surface area contributed by atoms with Gasteiger partial charge in [-0.25, -0.2) is 0 Å². The van der Waals surface area contributed by atoms with E-state index in [2.05, 4.69) is 0 Å². The van der Waals surface area contributed by atoms with Crippen LogP contribution in [0.2, 0.25) is 0 Å². The Balaban J connectivity index is 1.58. The molecule has 0 spiro atoms. The molecule has 2 aromatic carbocycles. The third-order valence-corrected chi connectivity index (χ3v) is 5.00. The average molecular weight is 379 g/mol. The monoisotopic (exact) mass is 379 g/mol. The lowest BCUT2D eigenvalue weighted by Crippen LogP contribution is -2.49. The number of ketones is 2. The summed E-state index contributed by atoms with van der Waals surface area (Å²) in [5.74, 6) is -0.155. The van der Waals surface area contributed by atoms with Crippen molar-refractivity contribution in [2.75, 3.05) is 19.8 Å². The van der Waals surface area contributed by atoms with Crippen molar-refractivity contribution < 1.29 is 19.1 Å². The van der Waals surface area contributed by atoms with E-state index in [0.717, 1.165) is 5.56 Å². The molecular weight excluding hydrogens is 354 g/mol. The van der Waals surface area contributed by atoms with Crippen molar-refractivity contribution in [2.24, 2.45) is 0 Å². The Bertz CT molecular complexity index is 829. The lowest BCUT2D eigenvalue weighted by Gasteiger charge is -2.35. The third kappa shape index (κ3) is 5.14. The Kier molecular flexibility index (Phi) is 6.71. The van der Waals surface area contributed by atoms with E-state index in [1.54, 1.807) is 29.2 Å². The van der Waals surface area contributed by atoms with Crippen LogP contribution in [0.3, 0.4) is 0 Å². The normalized spacial score (nSPS) is 16.6. The van der Waals surface area contributed by atoms with Gasteiger partial charge in [-0.1, -0.05) is 60.2 Å². The van der Waals surface area contributed by atoms with E-state index in [9.17, 15) is 14.4 Å². The van der Waals surface area contributed by atoms with Crippen LogP contribution >= 0.6 is 0 Å². The number of hydrogen-bond donors (Lipinski definition) is 0. The molecule has 1 saturated heterocycles. The molecule has 1 fully saturated rings. The van der Waals surface area contributed by atoms with Gasteiger partial charge < -0.3 is 9.64 Å². The zero-order valence-corrected chi connectivity index (χ0v) is 16.1. The van der Waals surface area contributed by atoms with Gasteiger partial charge in [-0.2, -0.15) is 0 Å². The highest BCUT2D eigenvalue weighted by atomic mass is 16.5. The fraction of sp³-hybridized carbons (Fsp3) is 0.348. The predicted molar refractivity (Wildman–Crippen MR) is 106 cm³/mol. The Morgan fingerprint density at radius 3 is 2.32 bits per heavy atom. The smallest absolute Gasteiger partial charge is 0.223 e. The van der Waals surface area contributed by atoms with Crippen molar-refractivity contribution in [1.29, 1.82) is 0 Å². The fourth-order valence-corrected chi connectivity index (χ4v) is 3.36. The molecule has 1 amide bonds. The zero-order valence-electron chi connectivity index (χ0n) is 16.1. The Hall–Kier alpha value is -2.79. The van der Waals surface area contributed by atoms with Crippen LogP contribution < -0.4 is 0 Å². The molecule has 0 bridgehead atoms. The molecule has 0 saturated carbocycles. The molecule has 146 valence electrons. The number of Topliss-reactive ketones (excluding diaryl/α,β-unsaturated/α-hetero) is 2. The van der Waals surface area contributed by atoms with Gasteiger partial charge in [0.1, 0.15) is 0 Å². The molecule has 0 unspecified atom stereocenters. The summed E-state index contributed by atoms with van der Waals surface area (Å²) in [5, 5.41) is 0. The molecule has 0 aromatic heterocycles. The van der Waals surface area contributed by atoms with E-state index in [1.807, 2.05) is 37.3 Å². The third-order valence-electron chi connectivity index (χ3n) is 5.00. The molecule has 5 nitrogen and oxygen atoms in total. The molecule has 5 heteroatoms. The molecule has 0 aliphatic carbocycles. The maximum Gasteiger partial charge on any atom is 0.223 e. The van der Waals surface area contributed by atoms with Crippen LogP contribution in [0.15, 0.2) is 54.6 Å². The lowest BCUT2D eigenvalue weighted by atomic mass is 10.0. The molecule has 2 aromatic rings. The predicted octanol–water partition coefficient (Wildman–Crippen LogP) is 3.46. The molecule has 1 atom stereocenters. The van der Waals surface area contributed by atoms with Gasteiger partial charge in [0.2, 0.25) is 5.91 Å². The summed E-state index contributed by atoms with van der Waals surface area (Å²) in [4.78, 5) is 39.3. The first-order valence-electron chi connectivity index (χ1n) is 9.60. The van der Waals surface area contributed by atoms with Crippen LogP contribution in [0.5, 0.6) is 0 Å². The Labute approximate surface area is 165 Å². The van der Waals surface area contributed by atoms with Gasteiger partial charge >= 0.3 is 0 Å². The van der Waals surface area contributed by atoms with Crippen LogP contribution in [0, 0.1) is 6.92 Å². The van der Waals surface area contributed by atoms with Gasteiger partial charge in [0, 0.05) is 36.9 Å². The first-order chi connectivity index (χ1) is 13.5. The maximum absolute atomic E-state index is 12.7. The van der Waals surface area contributed by atoms with E-state index in [0.29, 0.717) is 30.9 Å². The molecule has 1 aliphatic heterocycles. The topological polar surface area (TPSA) is 63.7 Å². The van der Waals surface area contributed by atoms with Crippen molar-refractivity contribution in [3.05, 3.63) is 71.3 Å². The van der Waals surface area contributed by atoms with Gasteiger partial charge in [0.05, 0.1) is 19.3 Å². The van der Waals surface area contributed by atoms with Crippen LogP contribution in [0.25, 0.3) is 0 Å². The molecular formula is C23H25NO4. The largest absolute Gasteiger partial charge is 0.377 e. The number of hydrogen-bond acceptors (Lipinski definition) is 4. The minimum atomic E-state index is -0.288. The summed E-state index contributed by atoms with van der Waals surface area (Å²) in [6.45, 7) is 3.21. The summed E-state index contributed by atoms with van der Waals surface area (Å²) in [6.07, 6.45) is 0.531. The van der Waals surface area contributed by atoms with E-state index in [-0.39, 0.29) is 42.8 Å². The Morgan fingerprint density at radius 2 is 1.61 bits per heavy atom. The number of morpholine rings is 1. The number of rotatable bonds is 7. The average Bonchev–Trinajstić information content (AvgIpc) is 2.73. The van der Waals surface area contributed by atoms with Gasteiger partial charge in [0.15, 0.2) is 11.6 Å². The van der Waals surface area contributed by atoms with Gasteiger partial charge in [-0.15, -0.1) is 0 Å². The van der Waals surface area contributed by atoms with Crippen molar-refractivity contribution in [3.8, 4) is 0 Å². The molecule has 1 aliphatic rings. The number of amides is 1. The number of nitrogens with zero attached hydrogens (tertiary/aromatic N) is 1. The first-order valence-corrected chi connectivity index (χ1v) is 9.60. The van der Waals surface area contributed by atoms with Gasteiger partial charge in [-0.05, 0) is 6.92 Å². The highest BCUT2D eigenvalue weighted by Gasteiger charge is 2.29. The number of benzene rings is 2. The molecule has 0 radical (unpaired) electrons. The fourth-order valence-electron chi connectivity index (χ4n) is 3.36. The van der Waals surface area contributed by atoms with E-state index in [4.69, 9.17) is 4.74 Å². The first kappa shape index (κ1) is 20.0. The highest BCUT2D eigenvalue weighted by molar-refractivity contribution is 5.98. The van der Waals surface area contributed by atoms with E-state index >= 15 is 0 Å². The quantitative estimate of drug-likeness (QED) is 0.691. The summed E-state index contributed by atoms with van der Waals surface area (Å²) in [7, 11) is 0. The van der Waals surface area contributed by atoms with Gasteiger partial charge in [0.25, 0.3) is 0 Å². The molecule has 0 N–H and O–H groups in total. The highest BCUT2D eigenvalue weighted by Crippen LogP contribution is 2.17. The second kappa shape index (κ2) is 9.42. The molecule has 3 rings (SSSR count). The summed E-state index contributed by atoms with van der Waals surface area (Å²) < 4.78 is 5.49. The number of carbonyl (C=O) groups excluding carboxylic acids is 3. The Morgan fingerprint density at radius 1 is 0.929 bits per heavy atom. The summed E-state index contributed by atoms with van der Waals surface area (Å²) in [5.41, 5.74) is 2.35. The van der Waals surface area contributed by atoms with Gasteiger partial charge in [-0.3, -0.25) is 14.4 Å². The van der Waals surface area contributed by atoms with Crippen molar-refractivity contribution in [1.82, 2.24) is 4.90 Å². The minimum Gasteiger partial charge on any atom is -0.377 e. The van der Waals surface area contributed by atoms with Crippen LogP contribution in [-0.4, -0.2) is 48.2 Å². The lowest BCUT2D eigenvalue weighted by molar-refractivity contribution is -0.139. The molecule has 1 heterocycles. The minimum absolute atomic E-state index is 0.00960. The number of carbonyl (C=O) groups is 3. The summed E-state index contributed by atoms with van der Waals surface area (Å²) >= 11 is 0. The SMILES string of the molecule is Cc1ccc(C(=O)CCC(=O)N2CCOC[C@H]2CC(=O)c2ccccc2)cc1. The summed E-state index contributed by atoms with van der Waals surface area (Å²) in [6, 6.07) is 16.1. The zero-order chi connectivity index (χ0) is 19.9. The van der Waals surface area contributed by atoms with Crippen molar-refractivity contribution in [3.63, 3.8) is 0 Å². The van der Waals surface area contributed by atoms with Crippen molar-refractivity contribution in [2.45, 2.75) is 32.2 Å². The van der Waals surface area contributed by atoms with E-state index in [1.165, 1.54) is 0 Å². The second-order valence-electron chi connectivity index (χ2n) is 7.10. The van der Waals surface area contributed by atoms with Crippen molar-refractivity contribution >= 4 is 17.5 Å².